The van der Waals surface area contributed by atoms with Crippen molar-refractivity contribution in [3.8, 4) is 5.75 Å². The van der Waals surface area contributed by atoms with Crippen LogP contribution in [0.4, 0.5) is 0 Å². The van der Waals surface area contributed by atoms with Crippen molar-refractivity contribution in [1.29, 1.82) is 0 Å². The molecule has 0 aromatic heterocycles. The van der Waals surface area contributed by atoms with Crippen molar-refractivity contribution < 1.29 is 19.1 Å². The second-order valence-corrected chi connectivity index (χ2v) is 5.06. The smallest absolute Gasteiger partial charge is 0.325 e. The van der Waals surface area contributed by atoms with Gasteiger partial charge in [-0.3, -0.25) is 9.59 Å². The van der Waals surface area contributed by atoms with Crippen LogP contribution in [0.3, 0.4) is 0 Å². The van der Waals surface area contributed by atoms with Crippen LogP contribution in [0.15, 0.2) is 28.7 Å². The number of carbonyl (C=O) groups excluding carboxylic acids is 2. The zero-order valence-electron chi connectivity index (χ0n) is 12.3. The number of hydrogen-bond donors (Lipinski definition) is 0. The minimum absolute atomic E-state index is 0.0637. The molecule has 1 amide bonds. The molecule has 1 aromatic rings. The van der Waals surface area contributed by atoms with E-state index in [1.54, 1.807) is 26.2 Å². The van der Waals surface area contributed by atoms with E-state index in [4.69, 9.17) is 4.74 Å². The largest absolute Gasteiger partial charge is 0.496 e. The average Bonchev–Trinajstić information content (AvgIpc) is 2.49. The number of halogens is 1. The minimum Gasteiger partial charge on any atom is -0.496 e. The molecule has 0 aliphatic carbocycles. The van der Waals surface area contributed by atoms with Gasteiger partial charge in [0.1, 0.15) is 12.3 Å². The van der Waals surface area contributed by atoms with Crippen LogP contribution < -0.4 is 4.74 Å². The molecular weight excluding hydrogens is 338 g/mol. The van der Waals surface area contributed by atoms with Gasteiger partial charge in [-0.25, -0.2) is 0 Å². The number of ether oxygens (including phenoxy) is 2. The summed E-state index contributed by atoms with van der Waals surface area (Å²) in [6.07, 6.45) is 3.07. The van der Waals surface area contributed by atoms with Crippen LogP contribution in [0.1, 0.15) is 12.5 Å². The van der Waals surface area contributed by atoms with Gasteiger partial charge in [0.25, 0.3) is 0 Å². The van der Waals surface area contributed by atoms with Crippen LogP contribution in [0.2, 0.25) is 0 Å². The number of likely N-dealkylation sites (N-methyl/N-ethyl adjacent to an activating group) is 1. The van der Waals surface area contributed by atoms with E-state index in [9.17, 15) is 9.59 Å². The summed E-state index contributed by atoms with van der Waals surface area (Å²) in [4.78, 5) is 24.7. The van der Waals surface area contributed by atoms with Gasteiger partial charge in [0.05, 0.1) is 14.2 Å². The van der Waals surface area contributed by atoms with Crippen molar-refractivity contribution in [2.45, 2.75) is 6.92 Å². The molecule has 1 aromatic carbocycles. The first-order valence-electron chi connectivity index (χ1n) is 6.39. The Morgan fingerprint density at radius 3 is 2.62 bits per heavy atom. The van der Waals surface area contributed by atoms with E-state index in [1.165, 1.54) is 18.1 Å². The highest BCUT2D eigenvalue weighted by Gasteiger charge is 2.13. The highest BCUT2D eigenvalue weighted by molar-refractivity contribution is 9.10. The summed E-state index contributed by atoms with van der Waals surface area (Å²) < 4.78 is 10.7. The molecule has 0 aliphatic rings. The van der Waals surface area contributed by atoms with E-state index in [2.05, 4.69) is 20.7 Å². The number of amides is 1. The van der Waals surface area contributed by atoms with E-state index < -0.39 is 5.97 Å². The van der Waals surface area contributed by atoms with Crippen LogP contribution in [0.25, 0.3) is 6.08 Å². The summed E-state index contributed by atoms with van der Waals surface area (Å²) in [5.41, 5.74) is 0.773. The second-order valence-electron chi connectivity index (χ2n) is 4.15. The minimum atomic E-state index is -0.446. The third-order valence-corrected chi connectivity index (χ3v) is 3.33. The van der Waals surface area contributed by atoms with Gasteiger partial charge >= 0.3 is 5.97 Å². The summed E-state index contributed by atoms with van der Waals surface area (Å²) in [7, 11) is 2.86. The van der Waals surface area contributed by atoms with Gasteiger partial charge in [0.15, 0.2) is 0 Å². The molecule has 0 saturated heterocycles. The molecule has 0 heterocycles. The van der Waals surface area contributed by atoms with Crippen LogP contribution in [0.5, 0.6) is 5.75 Å². The number of carbonyl (C=O) groups is 2. The fraction of sp³-hybridized carbons (Fsp3) is 0.333. The summed E-state index contributed by atoms with van der Waals surface area (Å²) in [6, 6.07) is 5.51. The van der Waals surface area contributed by atoms with Crippen LogP contribution in [0, 0.1) is 0 Å². The van der Waals surface area contributed by atoms with Crippen LogP contribution >= 0.6 is 15.9 Å². The number of methoxy groups -OCH3 is 2. The topological polar surface area (TPSA) is 55.8 Å². The summed E-state index contributed by atoms with van der Waals surface area (Å²) >= 11 is 3.37. The molecule has 6 heteroatoms. The van der Waals surface area contributed by atoms with Crippen LogP contribution in [-0.2, 0) is 14.3 Å². The van der Waals surface area contributed by atoms with Crippen molar-refractivity contribution in [3.63, 3.8) is 0 Å². The van der Waals surface area contributed by atoms with Gasteiger partial charge in [-0.1, -0.05) is 15.9 Å². The van der Waals surface area contributed by atoms with Crippen molar-refractivity contribution in [2.24, 2.45) is 0 Å². The molecule has 21 heavy (non-hydrogen) atoms. The van der Waals surface area contributed by atoms with Crippen molar-refractivity contribution in [1.82, 2.24) is 4.90 Å². The number of rotatable bonds is 6. The predicted molar refractivity (Wildman–Crippen MR) is 84.0 cm³/mol. The lowest BCUT2D eigenvalue weighted by Gasteiger charge is -2.17. The third-order valence-electron chi connectivity index (χ3n) is 2.84. The average molecular weight is 356 g/mol. The van der Waals surface area contributed by atoms with Gasteiger partial charge in [0, 0.05) is 22.7 Å². The number of esters is 1. The van der Waals surface area contributed by atoms with E-state index in [0.29, 0.717) is 12.3 Å². The van der Waals surface area contributed by atoms with Crippen molar-refractivity contribution in [3.05, 3.63) is 34.3 Å². The zero-order chi connectivity index (χ0) is 15.8. The number of hydrogen-bond acceptors (Lipinski definition) is 4. The Morgan fingerprint density at radius 2 is 2.05 bits per heavy atom. The molecular formula is C15H18BrNO4. The molecule has 0 bridgehead atoms. The van der Waals surface area contributed by atoms with Gasteiger partial charge in [-0.15, -0.1) is 0 Å². The molecule has 0 atom stereocenters. The fourth-order valence-corrected chi connectivity index (χ4v) is 2.05. The molecule has 0 unspecified atom stereocenters. The lowest BCUT2D eigenvalue weighted by Crippen LogP contribution is -2.34. The zero-order valence-corrected chi connectivity index (χ0v) is 13.8. The van der Waals surface area contributed by atoms with Crippen LogP contribution in [-0.4, -0.2) is 44.1 Å². The molecule has 5 nitrogen and oxygen atoms in total. The normalized spacial score (nSPS) is 10.5. The molecule has 0 spiro atoms. The number of benzene rings is 1. The lowest BCUT2D eigenvalue weighted by molar-refractivity contribution is -0.145. The Kier molecular flexibility index (Phi) is 6.94. The van der Waals surface area contributed by atoms with Gasteiger partial charge in [0.2, 0.25) is 5.91 Å². The quantitative estimate of drug-likeness (QED) is 0.581. The number of nitrogens with zero attached hydrogens (tertiary/aromatic N) is 1. The Morgan fingerprint density at radius 1 is 1.33 bits per heavy atom. The third kappa shape index (κ3) is 5.23. The van der Waals surface area contributed by atoms with Gasteiger partial charge < -0.3 is 14.4 Å². The van der Waals surface area contributed by atoms with Crippen molar-refractivity contribution in [2.75, 3.05) is 27.3 Å². The molecule has 1 rings (SSSR count). The highest BCUT2D eigenvalue weighted by atomic mass is 79.9. The standard InChI is InChI=1S/C15H18BrNO4/c1-4-17(10-15(19)21-3)14(18)8-5-11-9-12(16)6-7-13(11)20-2/h5-9H,4,10H2,1-3H3. The van der Waals surface area contributed by atoms with Gasteiger partial charge in [-0.2, -0.15) is 0 Å². The molecule has 0 saturated carbocycles. The first kappa shape index (κ1) is 17.2. The Hall–Kier alpha value is -1.82. The Balaban J connectivity index is 2.85. The molecule has 0 N–H and O–H groups in total. The SMILES string of the molecule is CCN(CC(=O)OC)C(=O)C=Cc1cc(Br)ccc1OC. The Bertz CT molecular complexity index is 542. The molecule has 0 fully saturated rings. The van der Waals surface area contributed by atoms with Gasteiger partial charge in [-0.05, 0) is 31.2 Å². The second kappa shape index (κ2) is 8.46. The maximum atomic E-state index is 12.1. The summed E-state index contributed by atoms with van der Waals surface area (Å²) in [6.45, 7) is 2.16. The monoisotopic (exact) mass is 355 g/mol. The molecule has 114 valence electrons. The fourth-order valence-electron chi connectivity index (χ4n) is 1.67. The summed E-state index contributed by atoms with van der Waals surface area (Å²) in [5.74, 6) is -0.0400. The van der Waals surface area contributed by atoms with E-state index >= 15 is 0 Å². The summed E-state index contributed by atoms with van der Waals surface area (Å²) in [5, 5.41) is 0. The van der Waals surface area contributed by atoms with E-state index in [1.807, 2.05) is 12.1 Å². The first-order valence-corrected chi connectivity index (χ1v) is 7.18. The highest BCUT2D eigenvalue weighted by Crippen LogP contribution is 2.24. The maximum Gasteiger partial charge on any atom is 0.325 e. The van der Waals surface area contributed by atoms with Crippen molar-refractivity contribution >= 4 is 33.9 Å². The van der Waals surface area contributed by atoms with E-state index in [0.717, 1.165) is 10.0 Å². The first-order chi connectivity index (χ1) is 10.0. The maximum absolute atomic E-state index is 12.1. The van der Waals surface area contributed by atoms with E-state index in [-0.39, 0.29) is 12.5 Å². The predicted octanol–water partition coefficient (Wildman–Crippen LogP) is 2.49. The Labute approximate surface area is 132 Å². The molecule has 0 radical (unpaired) electrons. The lowest BCUT2D eigenvalue weighted by atomic mass is 10.2. The molecule has 0 aliphatic heterocycles.